The van der Waals surface area contributed by atoms with Gasteiger partial charge in [-0.05, 0) is 52.1 Å². The highest BCUT2D eigenvalue weighted by Crippen LogP contribution is 2.25. The maximum absolute atomic E-state index is 5.52. The molecule has 17 heavy (non-hydrogen) atoms. The van der Waals surface area contributed by atoms with Crippen LogP contribution in [0.25, 0.3) is 0 Å². The van der Waals surface area contributed by atoms with Crippen molar-refractivity contribution >= 4 is 0 Å². The molecule has 0 heterocycles. The Balaban J connectivity index is 1.78. The molecule has 1 N–H and O–H groups in total. The van der Waals surface area contributed by atoms with Gasteiger partial charge in [0, 0.05) is 6.61 Å². The number of hydrogen-bond acceptors (Lipinski definition) is 2. The molecule has 1 aliphatic carbocycles. The van der Waals surface area contributed by atoms with Crippen LogP contribution >= 0.6 is 0 Å². The zero-order valence-electron chi connectivity index (χ0n) is 11.8. The van der Waals surface area contributed by atoms with Gasteiger partial charge in [0.2, 0.25) is 0 Å². The first-order valence-electron chi connectivity index (χ1n) is 7.61. The van der Waals surface area contributed by atoms with Crippen LogP contribution in [0.3, 0.4) is 0 Å². The van der Waals surface area contributed by atoms with Crippen molar-refractivity contribution in [3.63, 3.8) is 0 Å². The lowest BCUT2D eigenvalue weighted by atomic mass is 9.87. The van der Waals surface area contributed by atoms with Gasteiger partial charge in [-0.1, -0.05) is 32.1 Å². The minimum atomic E-state index is 0.384. The van der Waals surface area contributed by atoms with Crippen molar-refractivity contribution in [1.29, 1.82) is 0 Å². The van der Waals surface area contributed by atoms with E-state index >= 15 is 0 Å². The zero-order chi connectivity index (χ0) is 12.3. The minimum Gasteiger partial charge on any atom is -0.379 e. The lowest BCUT2D eigenvalue weighted by Gasteiger charge is -2.21. The summed E-state index contributed by atoms with van der Waals surface area (Å²) in [4.78, 5) is 0. The number of ether oxygens (including phenoxy) is 1. The SMILES string of the molecule is CC(C)OCCCCNCCC1CCCCC1. The highest BCUT2D eigenvalue weighted by Gasteiger charge is 2.12. The molecule has 0 radical (unpaired) electrons. The minimum absolute atomic E-state index is 0.384. The average Bonchev–Trinajstić information content (AvgIpc) is 2.33. The maximum atomic E-state index is 5.52. The second-order valence-corrected chi connectivity index (χ2v) is 5.67. The van der Waals surface area contributed by atoms with E-state index < -0.39 is 0 Å². The molecule has 0 aromatic rings. The van der Waals surface area contributed by atoms with Crippen molar-refractivity contribution in [3.8, 4) is 0 Å². The molecule has 0 aromatic heterocycles. The first kappa shape index (κ1) is 15.0. The molecule has 1 aliphatic rings. The van der Waals surface area contributed by atoms with E-state index in [0.29, 0.717) is 6.10 Å². The molecule has 0 atom stereocenters. The molecule has 0 spiro atoms. The molecular formula is C15H31NO. The second-order valence-electron chi connectivity index (χ2n) is 5.67. The van der Waals surface area contributed by atoms with Crippen LogP contribution < -0.4 is 5.32 Å². The molecular weight excluding hydrogens is 210 g/mol. The first-order chi connectivity index (χ1) is 8.29. The number of rotatable bonds is 9. The molecule has 1 fully saturated rings. The molecule has 0 saturated heterocycles. The molecule has 1 saturated carbocycles. The normalized spacial score (nSPS) is 17.8. The van der Waals surface area contributed by atoms with Gasteiger partial charge < -0.3 is 10.1 Å². The fourth-order valence-electron chi connectivity index (χ4n) is 2.58. The lowest BCUT2D eigenvalue weighted by Crippen LogP contribution is -2.20. The van der Waals surface area contributed by atoms with Crippen LogP contribution in [-0.2, 0) is 4.74 Å². The summed E-state index contributed by atoms with van der Waals surface area (Å²) in [7, 11) is 0. The van der Waals surface area contributed by atoms with Crippen molar-refractivity contribution in [2.75, 3.05) is 19.7 Å². The predicted octanol–water partition coefficient (Wildman–Crippen LogP) is 3.75. The summed E-state index contributed by atoms with van der Waals surface area (Å²) >= 11 is 0. The van der Waals surface area contributed by atoms with E-state index in [9.17, 15) is 0 Å². The summed E-state index contributed by atoms with van der Waals surface area (Å²) in [5.41, 5.74) is 0. The Labute approximate surface area is 108 Å². The van der Waals surface area contributed by atoms with Crippen LogP contribution in [-0.4, -0.2) is 25.8 Å². The van der Waals surface area contributed by atoms with Gasteiger partial charge in [0.1, 0.15) is 0 Å². The van der Waals surface area contributed by atoms with E-state index in [-0.39, 0.29) is 0 Å². The van der Waals surface area contributed by atoms with E-state index in [4.69, 9.17) is 4.74 Å². The van der Waals surface area contributed by atoms with Crippen LogP contribution in [0.1, 0.15) is 65.2 Å². The Kier molecular flexibility index (Phi) is 8.72. The molecule has 2 heteroatoms. The van der Waals surface area contributed by atoms with Gasteiger partial charge in [0.05, 0.1) is 6.10 Å². The summed E-state index contributed by atoms with van der Waals surface area (Å²) in [6, 6.07) is 0. The summed E-state index contributed by atoms with van der Waals surface area (Å²) in [5, 5.41) is 3.57. The number of nitrogens with one attached hydrogen (secondary N) is 1. The summed E-state index contributed by atoms with van der Waals surface area (Å²) < 4.78 is 5.52. The van der Waals surface area contributed by atoms with Gasteiger partial charge in [-0.2, -0.15) is 0 Å². The van der Waals surface area contributed by atoms with Crippen LogP contribution in [0.5, 0.6) is 0 Å². The molecule has 0 bridgehead atoms. The summed E-state index contributed by atoms with van der Waals surface area (Å²) in [6.45, 7) is 7.50. The van der Waals surface area contributed by atoms with E-state index in [1.165, 1.54) is 57.9 Å². The second kappa shape index (κ2) is 9.90. The van der Waals surface area contributed by atoms with E-state index in [0.717, 1.165) is 19.1 Å². The van der Waals surface area contributed by atoms with E-state index in [1.807, 2.05) is 0 Å². The molecule has 0 aromatic carbocycles. The quantitative estimate of drug-likeness (QED) is 0.621. The highest BCUT2D eigenvalue weighted by atomic mass is 16.5. The van der Waals surface area contributed by atoms with E-state index in [2.05, 4.69) is 19.2 Å². The molecule has 0 unspecified atom stereocenters. The summed E-state index contributed by atoms with van der Waals surface area (Å²) in [5.74, 6) is 1.01. The van der Waals surface area contributed by atoms with Crippen molar-refractivity contribution in [2.24, 2.45) is 5.92 Å². The Bertz CT molecular complexity index is 164. The Morgan fingerprint density at radius 3 is 2.53 bits per heavy atom. The Morgan fingerprint density at radius 1 is 1.06 bits per heavy atom. The Morgan fingerprint density at radius 2 is 1.82 bits per heavy atom. The highest BCUT2D eigenvalue weighted by molar-refractivity contribution is 4.66. The molecule has 1 rings (SSSR count). The topological polar surface area (TPSA) is 21.3 Å². The average molecular weight is 241 g/mol. The van der Waals surface area contributed by atoms with Gasteiger partial charge in [0.15, 0.2) is 0 Å². The van der Waals surface area contributed by atoms with Gasteiger partial charge >= 0.3 is 0 Å². The standard InChI is InChI=1S/C15H31NO/c1-14(2)17-13-7-6-11-16-12-10-15-8-4-3-5-9-15/h14-16H,3-13H2,1-2H3. The Hall–Kier alpha value is -0.0800. The molecule has 0 aliphatic heterocycles. The lowest BCUT2D eigenvalue weighted by molar-refractivity contribution is 0.0760. The zero-order valence-corrected chi connectivity index (χ0v) is 11.8. The van der Waals surface area contributed by atoms with Crippen LogP contribution in [0.4, 0.5) is 0 Å². The predicted molar refractivity (Wildman–Crippen MR) is 74.4 cm³/mol. The van der Waals surface area contributed by atoms with Crippen LogP contribution in [0.15, 0.2) is 0 Å². The van der Waals surface area contributed by atoms with Crippen molar-refractivity contribution in [2.45, 2.75) is 71.3 Å². The number of hydrogen-bond donors (Lipinski definition) is 1. The molecule has 2 nitrogen and oxygen atoms in total. The monoisotopic (exact) mass is 241 g/mol. The maximum Gasteiger partial charge on any atom is 0.0518 e. The first-order valence-corrected chi connectivity index (χ1v) is 7.61. The van der Waals surface area contributed by atoms with Crippen LogP contribution in [0.2, 0.25) is 0 Å². The largest absolute Gasteiger partial charge is 0.379 e. The third kappa shape index (κ3) is 8.62. The smallest absolute Gasteiger partial charge is 0.0518 e. The molecule has 102 valence electrons. The van der Waals surface area contributed by atoms with Gasteiger partial charge in [0.25, 0.3) is 0 Å². The third-order valence-corrected chi connectivity index (χ3v) is 3.65. The third-order valence-electron chi connectivity index (χ3n) is 3.65. The van der Waals surface area contributed by atoms with E-state index in [1.54, 1.807) is 0 Å². The fraction of sp³-hybridized carbons (Fsp3) is 1.00. The van der Waals surface area contributed by atoms with Crippen molar-refractivity contribution < 1.29 is 4.74 Å². The number of unbranched alkanes of at least 4 members (excludes halogenated alkanes) is 1. The fourth-order valence-corrected chi connectivity index (χ4v) is 2.58. The van der Waals surface area contributed by atoms with Gasteiger partial charge in [-0.25, -0.2) is 0 Å². The van der Waals surface area contributed by atoms with Crippen molar-refractivity contribution in [3.05, 3.63) is 0 Å². The van der Waals surface area contributed by atoms with Gasteiger partial charge in [-0.15, -0.1) is 0 Å². The van der Waals surface area contributed by atoms with Crippen LogP contribution in [0, 0.1) is 5.92 Å². The molecule has 0 amide bonds. The van der Waals surface area contributed by atoms with Crippen molar-refractivity contribution in [1.82, 2.24) is 5.32 Å². The van der Waals surface area contributed by atoms with Gasteiger partial charge in [-0.3, -0.25) is 0 Å². The summed E-state index contributed by atoms with van der Waals surface area (Å²) in [6.07, 6.45) is 11.6.